The van der Waals surface area contributed by atoms with E-state index in [1.54, 1.807) is 36.4 Å². The summed E-state index contributed by atoms with van der Waals surface area (Å²) < 4.78 is 0. The van der Waals surface area contributed by atoms with Gasteiger partial charge in [-0.05, 0) is 59.7 Å². The third-order valence-electron chi connectivity index (χ3n) is 3.70. The number of nitrogens with one attached hydrogen (secondary N) is 2. The Morgan fingerprint density at radius 3 is 1.65 bits per heavy atom. The Hall–Kier alpha value is -3.73. The summed E-state index contributed by atoms with van der Waals surface area (Å²) in [7, 11) is 0. The molecule has 0 aliphatic rings. The molecule has 5 N–H and O–H groups in total. The molecule has 0 fully saturated rings. The van der Waals surface area contributed by atoms with E-state index in [-0.39, 0.29) is 11.8 Å². The predicted molar refractivity (Wildman–Crippen MR) is 107 cm³/mol. The van der Waals surface area contributed by atoms with Crippen LogP contribution in [-0.4, -0.2) is 11.1 Å². The van der Waals surface area contributed by atoms with Crippen molar-refractivity contribution in [3.05, 3.63) is 83.9 Å². The number of phenols is 1. The number of urea groups is 1. The largest absolute Gasteiger partial charge is 0.508 e. The molecule has 3 aromatic rings. The van der Waals surface area contributed by atoms with E-state index >= 15 is 0 Å². The summed E-state index contributed by atoms with van der Waals surface area (Å²) in [6.45, 7) is 0. The van der Waals surface area contributed by atoms with Gasteiger partial charge in [-0.1, -0.05) is 36.4 Å². The zero-order valence-electron chi connectivity index (χ0n) is 14.0. The lowest BCUT2D eigenvalue weighted by Crippen LogP contribution is -2.19. The Morgan fingerprint density at radius 1 is 0.731 bits per heavy atom. The van der Waals surface area contributed by atoms with E-state index in [1.807, 2.05) is 48.6 Å². The van der Waals surface area contributed by atoms with E-state index in [1.165, 1.54) is 0 Å². The van der Waals surface area contributed by atoms with Gasteiger partial charge in [0.1, 0.15) is 5.75 Å². The van der Waals surface area contributed by atoms with Gasteiger partial charge in [0.05, 0.1) is 0 Å². The Bertz CT molecular complexity index is 899. The number of carbonyl (C=O) groups excluding carboxylic acids is 1. The van der Waals surface area contributed by atoms with E-state index in [0.29, 0.717) is 17.1 Å². The molecule has 130 valence electrons. The second-order valence-electron chi connectivity index (χ2n) is 5.75. The number of phenolic OH excluding ortho intramolecular Hbond substituents is 1. The maximum Gasteiger partial charge on any atom is 0.323 e. The van der Waals surface area contributed by atoms with Crippen molar-refractivity contribution in [3.63, 3.8) is 0 Å². The molecule has 0 aliphatic carbocycles. The fourth-order valence-corrected chi connectivity index (χ4v) is 2.32. The first-order valence-electron chi connectivity index (χ1n) is 8.09. The highest BCUT2D eigenvalue weighted by atomic mass is 16.3. The van der Waals surface area contributed by atoms with Crippen LogP contribution >= 0.6 is 0 Å². The van der Waals surface area contributed by atoms with Crippen LogP contribution in [0.5, 0.6) is 5.75 Å². The van der Waals surface area contributed by atoms with Crippen molar-refractivity contribution in [1.82, 2.24) is 0 Å². The monoisotopic (exact) mass is 345 g/mol. The van der Waals surface area contributed by atoms with Crippen molar-refractivity contribution in [2.75, 3.05) is 16.4 Å². The zero-order chi connectivity index (χ0) is 18.4. The number of hydrogen-bond acceptors (Lipinski definition) is 3. The molecule has 0 spiro atoms. The first-order valence-corrected chi connectivity index (χ1v) is 8.09. The Morgan fingerprint density at radius 2 is 1.15 bits per heavy atom. The molecule has 0 aromatic heterocycles. The molecule has 0 unspecified atom stereocenters. The van der Waals surface area contributed by atoms with Gasteiger partial charge >= 0.3 is 6.03 Å². The lowest BCUT2D eigenvalue weighted by molar-refractivity contribution is 0.262. The molecule has 2 amide bonds. The van der Waals surface area contributed by atoms with Crippen molar-refractivity contribution < 1.29 is 9.90 Å². The van der Waals surface area contributed by atoms with Crippen molar-refractivity contribution in [3.8, 4) is 5.75 Å². The summed E-state index contributed by atoms with van der Waals surface area (Å²) in [6, 6.07) is 21.1. The quantitative estimate of drug-likeness (QED) is 0.405. The summed E-state index contributed by atoms with van der Waals surface area (Å²) in [5.41, 5.74) is 9.63. The van der Waals surface area contributed by atoms with Gasteiger partial charge < -0.3 is 21.5 Å². The van der Waals surface area contributed by atoms with Crippen LogP contribution in [0.15, 0.2) is 72.8 Å². The second kappa shape index (κ2) is 7.90. The summed E-state index contributed by atoms with van der Waals surface area (Å²) in [6.07, 6.45) is 3.92. The number of nitrogen functional groups attached to an aromatic ring is 1. The molecule has 26 heavy (non-hydrogen) atoms. The van der Waals surface area contributed by atoms with Crippen molar-refractivity contribution in [1.29, 1.82) is 0 Å². The Kier molecular flexibility index (Phi) is 5.19. The molecular formula is C21H19N3O2. The molecule has 0 aliphatic heterocycles. The molecule has 5 heteroatoms. The van der Waals surface area contributed by atoms with Gasteiger partial charge in [-0.3, -0.25) is 0 Å². The Labute approximate surface area is 151 Å². The van der Waals surface area contributed by atoms with Crippen LogP contribution in [0.25, 0.3) is 12.2 Å². The number of hydrogen-bond donors (Lipinski definition) is 4. The van der Waals surface area contributed by atoms with Crippen LogP contribution in [0, 0.1) is 0 Å². The molecule has 0 bridgehead atoms. The average molecular weight is 345 g/mol. The highest BCUT2D eigenvalue weighted by Crippen LogP contribution is 2.16. The minimum absolute atomic E-state index is 0.245. The standard InChI is InChI=1S/C21H19N3O2/c22-17-7-11-19(12-8-17)24-21(26)23-18-9-3-15(4-10-18)1-2-16-5-13-20(25)14-6-16/h1-14,25H,22H2,(H2,23,24,26)/b2-1+. The van der Waals surface area contributed by atoms with Gasteiger partial charge in [-0.15, -0.1) is 0 Å². The van der Waals surface area contributed by atoms with E-state index < -0.39 is 0 Å². The van der Waals surface area contributed by atoms with Gasteiger partial charge in [0.2, 0.25) is 0 Å². The molecule has 3 rings (SSSR count). The third kappa shape index (κ3) is 4.88. The van der Waals surface area contributed by atoms with Gasteiger partial charge in [0, 0.05) is 17.1 Å². The van der Waals surface area contributed by atoms with Crippen LogP contribution in [0.2, 0.25) is 0 Å². The van der Waals surface area contributed by atoms with E-state index in [2.05, 4.69) is 10.6 Å². The second-order valence-corrected chi connectivity index (χ2v) is 5.75. The van der Waals surface area contributed by atoms with E-state index in [0.717, 1.165) is 11.1 Å². The maximum absolute atomic E-state index is 12.0. The molecule has 0 heterocycles. The molecule has 3 aromatic carbocycles. The normalized spacial score (nSPS) is 10.6. The third-order valence-corrected chi connectivity index (χ3v) is 3.70. The average Bonchev–Trinajstić information content (AvgIpc) is 2.64. The Balaban J connectivity index is 1.57. The number of amides is 2. The fourth-order valence-electron chi connectivity index (χ4n) is 2.32. The van der Waals surface area contributed by atoms with Crippen LogP contribution in [-0.2, 0) is 0 Å². The van der Waals surface area contributed by atoms with Crippen LogP contribution in [0.3, 0.4) is 0 Å². The van der Waals surface area contributed by atoms with Crippen LogP contribution in [0.4, 0.5) is 21.9 Å². The lowest BCUT2D eigenvalue weighted by Gasteiger charge is -2.08. The topological polar surface area (TPSA) is 87.4 Å². The number of carbonyl (C=O) groups is 1. The molecule has 5 nitrogen and oxygen atoms in total. The van der Waals surface area contributed by atoms with Gasteiger partial charge in [0.25, 0.3) is 0 Å². The number of nitrogens with two attached hydrogens (primary N) is 1. The SMILES string of the molecule is Nc1ccc(NC(=O)Nc2ccc(/C=C/c3ccc(O)cc3)cc2)cc1. The first kappa shape index (κ1) is 17.1. The van der Waals surface area contributed by atoms with Gasteiger partial charge in [0.15, 0.2) is 0 Å². The fraction of sp³-hybridized carbons (Fsp3) is 0. The minimum atomic E-state index is -0.317. The zero-order valence-corrected chi connectivity index (χ0v) is 14.0. The number of aromatic hydroxyl groups is 1. The number of rotatable bonds is 4. The van der Waals surface area contributed by atoms with Gasteiger partial charge in [-0.2, -0.15) is 0 Å². The summed E-state index contributed by atoms with van der Waals surface area (Å²) in [5, 5.41) is 14.8. The predicted octanol–water partition coefficient (Wildman–Crippen LogP) is 4.79. The minimum Gasteiger partial charge on any atom is -0.508 e. The van der Waals surface area contributed by atoms with Gasteiger partial charge in [-0.25, -0.2) is 4.79 Å². The van der Waals surface area contributed by atoms with Crippen LogP contribution in [0.1, 0.15) is 11.1 Å². The van der Waals surface area contributed by atoms with E-state index in [4.69, 9.17) is 5.73 Å². The summed E-state index contributed by atoms with van der Waals surface area (Å²) in [4.78, 5) is 12.0. The molecular weight excluding hydrogens is 326 g/mol. The first-order chi connectivity index (χ1) is 12.6. The van der Waals surface area contributed by atoms with Crippen molar-refractivity contribution in [2.24, 2.45) is 0 Å². The lowest BCUT2D eigenvalue weighted by atomic mass is 10.1. The maximum atomic E-state index is 12.0. The molecule has 0 saturated heterocycles. The van der Waals surface area contributed by atoms with E-state index in [9.17, 15) is 9.90 Å². The number of benzene rings is 3. The summed E-state index contributed by atoms with van der Waals surface area (Å²) in [5.74, 6) is 0.245. The molecule has 0 atom stereocenters. The molecule has 0 radical (unpaired) electrons. The smallest absolute Gasteiger partial charge is 0.323 e. The highest BCUT2D eigenvalue weighted by Gasteiger charge is 2.02. The van der Waals surface area contributed by atoms with Crippen LogP contribution < -0.4 is 16.4 Å². The number of anilines is 3. The molecule has 0 saturated carbocycles. The summed E-state index contributed by atoms with van der Waals surface area (Å²) >= 11 is 0. The highest BCUT2D eigenvalue weighted by molar-refractivity contribution is 5.99. The van der Waals surface area contributed by atoms with Crippen molar-refractivity contribution in [2.45, 2.75) is 0 Å². The van der Waals surface area contributed by atoms with Crippen molar-refractivity contribution >= 4 is 35.2 Å².